The van der Waals surface area contributed by atoms with E-state index in [-0.39, 0.29) is 31.0 Å². The van der Waals surface area contributed by atoms with E-state index in [2.05, 4.69) is 6.58 Å². The van der Waals surface area contributed by atoms with Gasteiger partial charge in [-0.05, 0) is 18.4 Å². The van der Waals surface area contributed by atoms with E-state index >= 15 is 0 Å². The molecule has 2 N–H and O–H groups in total. The smallest absolute Gasteiger partial charge is 0.315 e. The number of nitrogens with zero attached hydrogens (tertiary/aromatic N) is 1. The Morgan fingerprint density at radius 1 is 1.41 bits per heavy atom. The minimum absolute atomic E-state index is 0.0653. The predicted molar refractivity (Wildman–Crippen MR) is 84.3 cm³/mol. The summed E-state index contributed by atoms with van der Waals surface area (Å²) >= 11 is 0. The molecular formula is C17H22N2O3. The van der Waals surface area contributed by atoms with Crippen molar-refractivity contribution in [1.29, 1.82) is 0 Å². The molecule has 0 aliphatic carbocycles. The van der Waals surface area contributed by atoms with Crippen LogP contribution in [-0.2, 0) is 9.53 Å². The Kier molecular flexibility index (Phi) is 5.58. The number of amides is 2. The molecule has 1 aliphatic rings. The third-order valence-corrected chi connectivity index (χ3v) is 4.00. The molecule has 0 saturated carbocycles. The van der Waals surface area contributed by atoms with Gasteiger partial charge in [0.2, 0.25) is 0 Å². The number of rotatable bonds is 6. The molecule has 22 heavy (non-hydrogen) atoms. The molecule has 0 unspecified atom stereocenters. The van der Waals surface area contributed by atoms with Gasteiger partial charge in [-0.3, -0.25) is 4.79 Å². The molecule has 118 valence electrons. The van der Waals surface area contributed by atoms with Crippen molar-refractivity contribution in [2.24, 2.45) is 5.73 Å². The lowest BCUT2D eigenvalue weighted by atomic mass is 9.96. The van der Waals surface area contributed by atoms with E-state index in [1.807, 2.05) is 30.3 Å². The summed E-state index contributed by atoms with van der Waals surface area (Å²) in [5.74, 6) is -0.352. The summed E-state index contributed by atoms with van der Waals surface area (Å²) in [5.41, 5.74) is 6.34. The average Bonchev–Trinajstić information content (AvgIpc) is 3.00. The molecular weight excluding hydrogens is 280 g/mol. The summed E-state index contributed by atoms with van der Waals surface area (Å²) in [5, 5.41) is 0. The highest BCUT2D eigenvalue weighted by Gasteiger charge is 2.28. The third-order valence-electron chi connectivity index (χ3n) is 4.00. The van der Waals surface area contributed by atoms with Crippen molar-refractivity contribution >= 4 is 12.0 Å². The molecule has 0 bridgehead atoms. The fraction of sp³-hybridized carbons (Fsp3) is 0.412. The highest BCUT2D eigenvalue weighted by Crippen LogP contribution is 2.22. The summed E-state index contributed by atoms with van der Waals surface area (Å²) in [6.45, 7) is 4.63. The molecule has 1 heterocycles. The third kappa shape index (κ3) is 4.10. The van der Waals surface area contributed by atoms with Gasteiger partial charge in [0, 0.05) is 12.5 Å². The van der Waals surface area contributed by atoms with E-state index in [0.717, 1.165) is 18.4 Å². The molecule has 1 aromatic rings. The molecule has 2 atom stereocenters. The van der Waals surface area contributed by atoms with E-state index in [4.69, 9.17) is 10.5 Å². The summed E-state index contributed by atoms with van der Waals surface area (Å²) in [7, 11) is 0. The second kappa shape index (κ2) is 7.64. The molecule has 5 heteroatoms. The second-order valence-corrected chi connectivity index (χ2v) is 5.47. The van der Waals surface area contributed by atoms with Crippen LogP contribution in [0.4, 0.5) is 4.79 Å². The second-order valence-electron chi connectivity index (χ2n) is 5.47. The Balaban J connectivity index is 1.85. The van der Waals surface area contributed by atoms with Crippen LogP contribution in [0.25, 0.3) is 0 Å². The van der Waals surface area contributed by atoms with Gasteiger partial charge in [0.1, 0.15) is 6.61 Å². The molecule has 1 aliphatic heterocycles. The van der Waals surface area contributed by atoms with Crippen molar-refractivity contribution < 1.29 is 14.3 Å². The summed E-state index contributed by atoms with van der Waals surface area (Å²) in [6, 6.07) is 9.17. The zero-order valence-electron chi connectivity index (χ0n) is 12.6. The summed E-state index contributed by atoms with van der Waals surface area (Å²) in [4.78, 5) is 24.8. The van der Waals surface area contributed by atoms with Crippen LogP contribution in [0, 0.1) is 0 Å². The number of hydrogen-bond acceptors (Lipinski definition) is 3. The first-order chi connectivity index (χ1) is 10.6. The van der Waals surface area contributed by atoms with Gasteiger partial charge in [-0.1, -0.05) is 36.4 Å². The van der Waals surface area contributed by atoms with Crippen LogP contribution in [0.3, 0.4) is 0 Å². The number of carbonyl (C=O) groups is 2. The van der Waals surface area contributed by atoms with Crippen LogP contribution >= 0.6 is 0 Å². The van der Waals surface area contributed by atoms with E-state index in [1.165, 1.54) is 0 Å². The first kappa shape index (κ1) is 16.1. The van der Waals surface area contributed by atoms with Gasteiger partial charge in [-0.25, -0.2) is 4.79 Å². The lowest BCUT2D eigenvalue weighted by molar-refractivity contribution is -0.145. The molecule has 1 aromatic carbocycles. The Morgan fingerprint density at radius 3 is 2.77 bits per heavy atom. The van der Waals surface area contributed by atoms with Crippen LogP contribution in [0.1, 0.15) is 30.7 Å². The number of carbonyl (C=O) groups excluding carboxylic acids is 2. The number of urea groups is 1. The Bertz CT molecular complexity index is 530. The molecule has 1 saturated heterocycles. The van der Waals surface area contributed by atoms with Gasteiger partial charge in [0.25, 0.3) is 0 Å². The largest absolute Gasteiger partial charge is 0.463 e. The number of primary amides is 1. The van der Waals surface area contributed by atoms with Crippen LogP contribution in [0.15, 0.2) is 43.0 Å². The SMILES string of the molecule is C=C[C@@H](CC(=O)OC[C@H]1CCCN1C(N)=O)c1ccccc1. The van der Waals surface area contributed by atoms with Gasteiger partial charge < -0.3 is 15.4 Å². The fourth-order valence-electron chi connectivity index (χ4n) is 2.76. The van der Waals surface area contributed by atoms with Gasteiger partial charge in [-0.2, -0.15) is 0 Å². The van der Waals surface area contributed by atoms with E-state index in [9.17, 15) is 9.59 Å². The van der Waals surface area contributed by atoms with Crippen molar-refractivity contribution in [2.45, 2.75) is 31.2 Å². The van der Waals surface area contributed by atoms with Gasteiger partial charge in [-0.15, -0.1) is 6.58 Å². The van der Waals surface area contributed by atoms with Crippen LogP contribution in [-0.4, -0.2) is 36.1 Å². The molecule has 1 fully saturated rings. The summed E-state index contributed by atoms with van der Waals surface area (Å²) < 4.78 is 5.32. The van der Waals surface area contributed by atoms with E-state index < -0.39 is 6.03 Å². The number of benzene rings is 1. The molecule has 0 spiro atoms. The number of likely N-dealkylation sites (tertiary alicyclic amines) is 1. The van der Waals surface area contributed by atoms with Gasteiger partial charge in [0.05, 0.1) is 12.5 Å². The normalized spacial score (nSPS) is 18.7. The van der Waals surface area contributed by atoms with Gasteiger partial charge >= 0.3 is 12.0 Å². The maximum absolute atomic E-state index is 12.0. The zero-order chi connectivity index (χ0) is 15.9. The highest BCUT2D eigenvalue weighted by atomic mass is 16.5. The van der Waals surface area contributed by atoms with Gasteiger partial charge in [0.15, 0.2) is 0 Å². The topological polar surface area (TPSA) is 72.6 Å². The van der Waals surface area contributed by atoms with Crippen LogP contribution in [0.2, 0.25) is 0 Å². The highest BCUT2D eigenvalue weighted by molar-refractivity contribution is 5.73. The standard InChI is InChI=1S/C17H22N2O3/c1-2-13(14-7-4-3-5-8-14)11-16(20)22-12-15-9-6-10-19(15)17(18)21/h2-5,7-8,13,15H,1,6,9-12H2,(H2,18,21)/t13-,15+/m0/s1. The molecule has 2 amide bonds. The minimum atomic E-state index is -0.452. The quantitative estimate of drug-likeness (QED) is 0.648. The van der Waals surface area contributed by atoms with Crippen LogP contribution in [0.5, 0.6) is 0 Å². The Labute approximate surface area is 130 Å². The molecule has 2 rings (SSSR count). The maximum atomic E-state index is 12.0. The number of hydrogen-bond donors (Lipinski definition) is 1. The average molecular weight is 302 g/mol. The Morgan fingerprint density at radius 2 is 2.14 bits per heavy atom. The molecule has 0 aromatic heterocycles. The maximum Gasteiger partial charge on any atom is 0.315 e. The van der Waals surface area contributed by atoms with Crippen molar-refractivity contribution in [3.63, 3.8) is 0 Å². The van der Waals surface area contributed by atoms with E-state index in [0.29, 0.717) is 6.54 Å². The lowest BCUT2D eigenvalue weighted by Crippen LogP contribution is -2.42. The number of nitrogens with two attached hydrogens (primary N) is 1. The Hall–Kier alpha value is -2.30. The zero-order valence-corrected chi connectivity index (χ0v) is 12.6. The van der Waals surface area contributed by atoms with E-state index in [1.54, 1.807) is 11.0 Å². The summed E-state index contributed by atoms with van der Waals surface area (Å²) in [6.07, 6.45) is 3.71. The molecule has 5 nitrogen and oxygen atoms in total. The van der Waals surface area contributed by atoms with Crippen LogP contribution < -0.4 is 5.73 Å². The number of ether oxygens (including phenoxy) is 1. The monoisotopic (exact) mass is 302 g/mol. The van der Waals surface area contributed by atoms with Crippen molar-refractivity contribution in [3.05, 3.63) is 48.6 Å². The lowest BCUT2D eigenvalue weighted by Gasteiger charge is -2.22. The number of esters is 1. The molecule has 0 radical (unpaired) electrons. The predicted octanol–water partition coefficient (Wildman–Crippen LogP) is 2.43. The van der Waals surface area contributed by atoms with Crippen molar-refractivity contribution in [2.75, 3.05) is 13.2 Å². The minimum Gasteiger partial charge on any atom is -0.463 e. The first-order valence-electron chi connectivity index (χ1n) is 7.51. The first-order valence-corrected chi connectivity index (χ1v) is 7.51. The fourth-order valence-corrected chi connectivity index (χ4v) is 2.76. The van der Waals surface area contributed by atoms with Crippen molar-refractivity contribution in [3.8, 4) is 0 Å². The number of allylic oxidation sites excluding steroid dienone is 1. The van der Waals surface area contributed by atoms with Crippen molar-refractivity contribution in [1.82, 2.24) is 4.90 Å².